The van der Waals surface area contributed by atoms with E-state index in [0.717, 1.165) is 24.3 Å². The summed E-state index contributed by atoms with van der Waals surface area (Å²) in [5, 5.41) is 4.47. The zero-order valence-corrected chi connectivity index (χ0v) is 22.6. The molecular weight excluding hydrogens is 468 g/mol. The topological polar surface area (TPSA) is 110 Å². The molecule has 0 bridgehead atoms. The first-order valence-corrected chi connectivity index (χ1v) is 12.8. The zero-order valence-electron chi connectivity index (χ0n) is 21.8. The fraction of sp³-hybridized carbons (Fsp3) is 0.600. The van der Waals surface area contributed by atoms with Gasteiger partial charge < -0.3 is 14.8 Å². The molecule has 9 nitrogen and oxygen atoms in total. The summed E-state index contributed by atoms with van der Waals surface area (Å²) in [6.07, 6.45) is 9.74. The van der Waals surface area contributed by atoms with Crippen molar-refractivity contribution in [2.45, 2.75) is 78.4 Å². The van der Waals surface area contributed by atoms with Crippen LogP contribution >= 0.6 is 11.3 Å². The number of hydrogen-bond acceptors (Lipinski definition) is 7. The van der Waals surface area contributed by atoms with E-state index in [9.17, 15) is 14.4 Å². The summed E-state index contributed by atoms with van der Waals surface area (Å²) in [4.78, 5) is 43.5. The van der Waals surface area contributed by atoms with Gasteiger partial charge in [-0.1, -0.05) is 49.3 Å². The first-order valence-electron chi connectivity index (χ1n) is 12.0. The number of aryl methyl sites for hydroxylation is 1. The number of aromatic nitrogens is 1. The first-order chi connectivity index (χ1) is 16.5. The maximum atomic E-state index is 13.4. The summed E-state index contributed by atoms with van der Waals surface area (Å²) in [6, 6.07) is 0. The number of nitrogens with one attached hydrogen (secondary N) is 2. The van der Waals surface area contributed by atoms with Crippen molar-refractivity contribution >= 4 is 34.4 Å². The number of hydrogen-bond donors (Lipinski definition) is 2. The van der Waals surface area contributed by atoms with Crippen LogP contribution in [0.25, 0.3) is 0 Å². The van der Waals surface area contributed by atoms with E-state index < -0.39 is 29.1 Å². The van der Waals surface area contributed by atoms with Crippen LogP contribution in [0, 0.1) is 12.8 Å². The minimum atomic E-state index is -1.15. The van der Waals surface area contributed by atoms with E-state index in [1.807, 2.05) is 6.92 Å². The number of ether oxygens (including phenoxy) is 2. The molecule has 1 aliphatic carbocycles. The predicted molar refractivity (Wildman–Crippen MR) is 137 cm³/mol. The number of anilines is 1. The maximum Gasteiger partial charge on any atom is 0.429 e. The number of amides is 3. The Labute approximate surface area is 211 Å². The van der Waals surface area contributed by atoms with Gasteiger partial charge in [0.25, 0.3) is 0 Å². The molecule has 2 rings (SSSR count). The molecule has 1 aromatic rings. The van der Waals surface area contributed by atoms with E-state index in [0.29, 0.717) is 22.1 Å². The monoisotopic (exact) mass is 506 g/mol. The number of thiazole rings is 1. The van der Waals surface area contributed by atoms with Crippen LogP contribution in [0.3, 0.4) is 0 Å². The maximum absolute atomic E-state index is 13.4. The molecule has 0 radical (unpaired) electrons. The second-order valence-electron chi connectivity index (χ2n) is 9.36. The quantitative estimate of drug-likeness (QED) is 0.366. The lowest BCUT2D eigenvalue weighted by Crippen LogP contribution is -2.53. The molecule has 2 N–H and O–H groups in total. The Balaban J connectivity index is 2.28. The number of hydrazine groups is 1. The summed E-state index contributed by atoms with van der Waals surface area (Å²) >= 11 is 1.28. The molecule has 1 aromatic heterocycles. The average Bonchev–Trinajstić information content (AvgIpc) is 3.16. The zero-order chi connectivity index (χ0) is 26.2. The van der Waals surface area contributed by atoms with E-state index in [1.165, 1.54) is 18.4 Å². The smallest absolute Gasteiger partial charge is 0.429 e. The van der Waals surface area contributed by atoms with E-state index in [-0.39, 0.29) is 12.5 Å². The highest BCUT2D eigenvalue weighted by Gasteiger charge is 2.46. The highest BCUT2D eigenvalue weighted by molar-refractivity contribution is 7.16. The van der Waals surface area contributed by atoms with Crippen molar-refractivity contribution in [1.29, 1.82) is 0 Å². The van der Waals surface area contributed by atoms with E-state index in [2.05, 4.69) is 22.7 Å². The SMILES string of the molecule is CCCCCC(=O)Nc1nc(C)c(C2(OC)C=CC=CC2C(=O)NN(CC)C(=O)OC(C)(C)C)s1. The van der Waals surface area contributed by atoms with Gasteiger partial charge in [0.2, 0.25) is 11.8 Å². The van der Waals surface area contributed by atoms with Crippen molar-refractivity contribution in [3.63, 3.8) is 0 Å². The molecule has 10 heteroatoms. The van der Waals surface area contributed by atoms with Crippen molar-refractivity contribution in [3.8, 4) is 0 Å². The van der Waals surface area contributed by atoms with Gasteiger partial charge >= 0.3 is 6.09 Å². The summed E-state index contributed by atoms with van der Waals surface area (Å²) in [5.41, 5.74) is 1.47. The fourth-order valence-corrected chi connectivity index (χ4v) is 4.88. The minimum absolute atomic E-state index is 0.0884. The summed E-state index contributed by atoms with van der Waals surface area (Å²) in [7, 11) is 1.53. The second kappa shape index (κ2) is 12.3. The normalized spacial score (nSPS) is 19.3. The number of rotatable bonds is 9. The van der Waals surface area contributed by atoms with Crippen molar-refractivity contribution in [2.24, 2.45) is 5.92 Å². The van der Waals surface area contributed by atoms with Gasteiger partial charge in [0.1, 0.15) is 11.2 Å². The Kier molecular flexibility index (Phi) is 10.0. The third-order valence-electron chi connectivity index (χ3n) is 5.42. The number of carbonyl (C=O) groups is 3. The summed E-state index contributed by atoms with van der Waals surface area (Å²) in [5.74, 6) is -1.31. The molecule has 194 valence electrons. The van der Waals surface area contributed by atoms with Gasteiger partial charge in [-0.15, -0.1) is 0 Å². The van der Waals surface area contributed by atoms with Crippen LogP contribution in [0.1, 0.15) is 70.9 Å². The van der Waals surface area contributed by atoms with Crippen LogP contribution in [0.5, 0.6) is 0 Å². The highest BCUT2D eigenvalue weighted by Crippen LogP contribution is 2.44. The average molecular weight is 507 g/mol. The number of unbranched alkanes of at least 4 members (excludes halogenated alkanes) is 2. The molecule has 0 fully saturated rings. The van der Waals surface area contributed by atoms with Crippen molar-refractivity contribution in [2.75, 3.05) is 19.0 Å². The highest BCUT2D eigenvalue weighted by atomic mass is 32.1. The Morgan fingerprint density at radius 1 is 1.20 bits per heavy atom. The molecule has 0 aromatic carbocycles. The Morgan fingerprint density at radius 2 is 1.91 bits per heavy atom. The molecule has 2 atom stereocenters. The van der Waals surface area contributed by atoms with Crippen LogP contribution in [-0.2, 0) is 24.7 Å². The molecule has 0 saturated heterocycles. The van der Waals surface area contributed by atoms with Crippen molar-refractivity contribution in [1.82, 2.24) is 15.4 Å². The van der Waals surface area contributed by atoms with Crippen LogP contribution in [0.15, 0.2) is 24.3 Å². The second-order valence-corrected chi connectivity index (χ2v) is 10.4. The van der Waals surface area contributed by atoms with Gasteiger partial charge in [-0.2, -0.15) is 0 Å². The Bertz CT molecular complexity index is 966. The predicted octanol–water partition coefficient (Wildman–Crippen LogP) is 4.84. The minimum Gasteiger partial charge on any atom is -0.442 e. The van der Waals surface area contributed by atoms with Crippen molar-refractivity contribution < 1.29 is 23.9 Å². The lowest BCUT2D eigenvalue weighted by atomic mass is 9.81. The van der Waals surface area contributed by atoms with E-state index in [1.54, 1.807) is 52.0 Å². The first kappa shape index (κ1) is 28.5. The van der Waals surface area contributed by atoms with Crippen LogP contribution in [0.2, 0.25) is 0 Å². The van der Waals surface area contributed by atoms with Gasteiger partial charge in [-0.05, 0) is 47.1 Å². The van der Waals surface area contributed by atoms with Gasteiger partial charge in [0.05, 0.1) is 16.5 Å². The number of allylic oxidation sites excluding steroid dienone is 2. The third kappa shape index (κ3) is 7.38. The number of carbonyl (C=O) groups excluding carboxylic acids is 3. The largest absolute Gasteiger partial charge is 0.442 e. The van der Waals surface area contributed by atoms with Crippen LogP contribution < -0.4 is 10.7 Å². The van der Waals surface area contributed by atoms with Gasteiger partial charge in [-0.25, -0.2) is 14.8 Å². The molecule has 3 amide bonds. The van der Waals surface area contributed by atoms with E-state index in [4.69, 9.17) is 9.47 Å². The summed E-state index contributed by atoms with van der Waals surface area (Å²) < 4.78 is 11.4. The number of methoxy groups -OCH3 is 1. The third-order valence-corrected chi connectivity index (χ3v) is 6.63. The van der Waals surface area contributed by atoms with E-state index >= 15 is 0 Å². The van der Waals surface area contributed by atoms with Crippen LogP contribution in [-0.4, -0.2) is 47.2 Å². The summed E-state index contributed by atoms with van der Waals surface area (Å²) in [6.45, 7) is 11.2. The molecule has 1 aliphatic rings. The Morgan fingerprint density at radius 3 is 2.51 bits per heavy atom. The molecular formula is C25H38N4O5S. The van der Waals surface area contributed by atoms with Gasteiger partial charge in [-0.3, -0.25) is 15.0 Å². The lowest BCUT2D eigenvalue weighted by molar-refractivity contribution is -0.136. The molecule has 1 heterocycles. The standard InChI is InChI=1S/C25H38N4O5S/c1-8-10-11-15-19(30)27-22-26-17(3)20(35-22)25(33-7)16-13-12-14-18(25)21(31)28-29(9-2)23(32)34-24(4,5)6/h12-14,16,18H,8-11,15H2,1-7H3,(H,28,31)(H,26,27,30). The fourth-order valence-electron chi connectivity index (χ4n) is 3.71. The number of nitrogens with zero attached hydrogens (tertiary/aromatic N) is 2. The molecule has 0 spiro atoms. The Hall–Kier alpha value is -2.72. The lowest BCUT2D eigenvalue weighted by Gasteiger charge is -2.37. The van der Waals surface area contributed by atoms with Crippen LogP contribution in [0.4, 0.5) is 9.93 Å². The van der Waals surface area contributed by atoms with Crippen molar-refractivity contribution in [3.05, 3.63) is 34.9 Å². The van der Waals surface area contributed by atoms with Gasteiger partial charge in [0.15, 0.2) is 5.13 Å². The molecule has 0 saturated carbocycles. The molecule has 0 aliphatic heterocycles. The van der Waals surface area contributed by atoms with Gasteiger partial charge in [0, 0.05) is 20.1 Å². The molecule has 35 heavy (non-hydrogen) atoms. The molecule has 2 unspecified atom stereocenters.